The fourth-order valence-corrected chi connectivity index (χ4v) is 3.14. The summed E-state index contributed by atoms with van der Waals surface area (Å²) in [5.41, 5.74) is 9.57. The molecule has 1 heterocycles. The van der Waals surface area contributed by atoms with Gasteiger partial charge in [0.15, 0.2) is 0 Å². The molecule has 1 aliphatic rings. The van der Waals surface area contributed by atoms with Crippen LogP contribution in [0.4, 0.5) is 10.2 Å². The maximum absolute atomic E-state index is 13.9. The van der Waals surface area contributed by atoms with Gasteiger partial charge in [-0.2, -0.15) is 5.26 Å². The molecule has 3 nitrogen and oxygen atoms in total. The molecule has 5 heteroatoms. The summed E-state index contributed by atoms with van der Waals surface area (Å²) in [5.74, 6) is -0.283. The standard InChI is InChI=1S/C17H15ClFN3/c18-13-7-6-10(8-14(13)19)16-11-4-2-1-3-5-15(11)22-17(21)12(16)9-20/h6-8H,1-5H2,(H2,21,22). The number of nitrogens with zero attached hydrogens (tertiary/aromatic N) is 2. The summed E-state index contributed by atoms with van der Waals surface area (Å²) in [5, 5.41) is 9.53. The highest BCUT2D eigenvalue weighted by atomic mass is 35.5. The fourth-order valence-electron chi connectivity index (χ4n) is 3.02. The number of hydrogen-bond donors (Lipinski definition) is 1. The lowest BCUT2D eigenvalue weighted by atomic mass is 9.92. The van der Waals surface area contributed by atoms with Crippen LogP contribution in [0.2, 0.25) is 5.02 Å². The number of halogens is 2. The predicted octanol–water partition coefficient (Wildman–Crippen LogP) is 4.26. The molecule has 1 aromatic carbocycles. The molecule has 22 heavy (non-hydrogen) atoms. The van der Waals surface area contributed by atoms with Gasteiger partial charge in [0.2, 0.25) is 0 Å². The Morgan fingerprint density at radius 1 is 1.23 bits per heavy atom. The molecule has 0 radical (unpaired) electrons. The van der Waals surface area contributed by atoms with Crippen LogP contribution in [0.3, 0.4) is 0 Å². The monoisotopic (exact) mass is 315 g/mol. The van der Waals surface area contributed by atoms with Crippen molar-refractivity contribution in [1.29, 1.82) is 5.26 Å². The number of nitrogens with two attached hydrogens (primary N) is 1. The Hall–Kier alpha value is -2.12. The minimum atomic E-state index is -0.499. The molecule has 0 spiro atoms. The number of rotatable bonds is 1. The van der Waals surface area contributed by atoms with Crippen molar-refractivity contribution in [3.8, 4) is 17.2 Å². The van der Waals surface area contributed by atoms with E-state index >= 15 is 0 Å². The molecule has 0 unspecified atom stereocenters. The second kappa shape index (κ2) is 5.94. The SMILES string of the molecule is N#Cc1c(N)nc2c(c1-c1ccc(Cl)c(F)c1)CCCCC2. The van der Waals surface area contributed by atoms with Gasteiger partial charge in [0.05, 0.1) is 5.02 Å². The van der Waals surface area contributed by atoms with E-state index in [4.69, 9.17) is 17.3 Å². The number of benzene rings is 1. The third-order valence-electron chi connectivity index (χ3n) is 4.07. The number of nitrogen functional groups attached to an aromatic ring is 1. The van der Waals surface area contributed by atoms with E-state index in [1.165, 1.54) is 12.1 Å². The number of hydrogen-bond acceptors (Lipinski definition) is 3. The Kier molecular flexibility index (Phi) is 4.00. The van der Waals surface area contributed by atoms with Gasteiger partial charge in [0.25, 0.3) is 0 Å². The number of fused-ring (bicyclic) bond motifs is 1. The van der Waals surface area contributed by atoms with Gasteiger partial charge in [0, 0.05) is 11.3 Å². The molecule has 0 aliphatic heterocycles. The van der Waals surface area contributed by atoms with Gasteiger partial charge in [-0.05, 0) is 48.9 Å². The van der Waals surface area contributed by atoms with Crippen LogP contribution < -0.4 is 5.73 Å². The third kappa shape index (κ3) is 2.53. The van der Waals surface area contributed by atoms with Crippen LogP contribution in [-0.2, 0) is 12.8 Å². The normalized spacial score (nSPS) is 14.0. The minimum Gasteiger partial charge on any atom is -0.383 e. The average molecular weight is 316 g/mol. The number of nitriles is 1. The van der Waals surface area contributed by atoms with Crippen LogP contribution in [0.25, 0.3) is 11.1 Å². The molecule has 2 N–H and O–H groups in total. The van der Waals surface area contributed by atoms with Crippen LogP contribution in [0.1, 0.15) is 36.1 Å². The maximum atomic E-state index is 13.9. The second-order valence-corrected chi connectivity index (χ2v) is 5.88. The summed E-state index contributed by atoms with van der Waals surface area (Å²) in [4.78, 5) is 4.41. The summed E-state index contributed by atoms with van der Waals surface area (Å²) in [6.07, 6.45) is 4.88. The fraction of sp³-hybridized carbons (Fsp3) is 0.294. The number of aromatic nitrogens is 1. The van der Waals surface area contributed by atoms with E-state index in [9.17, 15) is 9.65 Å². The van der Waals surface area contributed by atoms with Crippen molar-refractivity contribution in [1.82, 2.24) is 4.98 Å². The topological polar surface area (TPSA) is 62.7 Å². The van der Waals surface area contributed by atoms with E-state index in [-0.39, 0.29) is 10.8 Å². The Bertz CT molecular complexity index is 780. The molecule has 112 valence electrons. The lowest BCUT2D eigenvalue weighted by Crippen LogP contribution is -2.07. The van der Waals surface area contributed by atoms with Crippen molar-refractivity contribution in [2.24, 2.45) is 0 Å². The number of aryl methyl sites for hydroxylation is 1. The first-order valence-electron chi connectivity index (χ1n) is 7.28. The zero-order chi connectivity index (χ0) is 15.7. The van der Waals surface area contributed by atoms with E-state index in [0.717, 1.165) is 43.4 Å². The van der Waals surface area contributed by atoms with Crippen LogP contribution in [0, 0.1) is 17.1 Å². The maximum Gasteiger partial charge on any atom is 0.142 e. The molecule has 1 aromatic heterocycles. The first-order valence-corrected chi connectivity index (χ1v) is 7.66. The van der Waals surface area contributed by atoms with Gasteiger partial charge < -0.3 is 5.73 Å². The molecule has 1 aliphatic carbocycles. The summed E-state index contributed by atoms with van der Waals surface area (Å²) in [7, 11) is 0. The molecule has 0 saturated heterocycles. The van der Waals surface area contributed by atoms with Crippen LogP contribution >= 0.6 is 11.6 Å². The predicted molar refractivity (Wildman–Crippen MR) is 85.0 cm³/mol. The second-order valence-electron chi connectivity index (χ2n) is 5.47. The lowest BCUT2D eigenvalue weighted by Gasteiger charge is -2.16. The van der Waals surface area contributed by atoms with E-state index in [0.29, 0.717) is 16.7 Å². The van der Waals surface area contributed by atoms with Crippen LogP contribution in [0.5, 0.6) is 0 Å². The highest BCUT2D eigenvalue weighted by Crippen LogP contribution is 2.36. The van der Waals surface area contributed by atoms with E-state index in [1.54, 1.807) is 6.07 Å². The Morgan fingerprint density at radius 3 is 2.73 bits per heavy atom. The number of anilines is 1. The van der Waals surface area contributed by atoms with Crippen molar-refractivity contribution in [3.63, 3.8) is 0 Å². The van der Waals surface area contributed by atoms with Crippen molar-refractivity contribution in [2.75, 3.05) is 5.73 Å². The number of pyridine rings is 1. The molecule has 0 saturated carbocycles. The highest BCUT2D eigenvalue weighted by Gasteiger charge is 2.21. The van der Waals surface area contributed by atoms with Crippen molar-refractivity contribution >= 4 is 17.4 Å². The molecule has 2 aromatic rings. The molecule has 0 amide bonds. The Labute approximate surface area is 133 Å². The van der Waals surface area contributed by atoms with E-state index in [2.05, 4.69) is 11.1 Å². The molecule has 3 rings (SSSR count). The summed E-state index contributed by atoms with van der Waals surface area (Å²) >= 11 is 5.77. The lowest BCUT2D eigenvalue weighted by molar-refractivity contribution is 0.628. The summed E-state index contributed by atoms with van der Waals surface area (Å²) < 4.78 is 13.9. The van der Waals surface area contributed by atoms with Crippen LogP contribution in [-0.4, -0.2) is 4.98 Å². The van der Waals surface area contributed by atoms with Gasteiger partial charge in [-0.1, -0.05) is 24.1 Å². The first kappa shape index (κ1) is 14.8. The third-order valence-corrected chi connectivity index (χ3v) is 4.38. The molecule has 0 bridgehead atoms. The first-order chi connectivity index (χ1) is 10.6. The van der Waals surface area contributed by atoms with Gasteiger partial charge in [0.1, 0.15) is 23.3 Å². The zero-order valence-corrected chi connectivity index (χ0v) is 12.8. The van der Waals surface area contributed by atoms with Crippen molar-refractivity contribution in [3.05, 3.63) is 45.9 Å². The molecular formula is C17H15ClFN3. The van der Waals surface area contributed by atoms with Crippen LogP contribution in [0.15, 0.2) is 18.2 Å². The van der Waals surface area contributed by atoms with Gasteiger partial charge >= 0.3 is 0 Å². The molecule has 0 atom stereocenters. The average Bonchev–Trinajstić information content (AvgIpc) is 2.73. The quantitative estimate of drug-likeness (QED) is 0.800. The van der Waals surface area contributed by atoms with Crippen molar-refractivity contribution in [2.45, 2.75) is 32.1 Å². The zero-order valence-electron chi connectivity index (χ0n) is 12.0. The van der Waals surface area contributed by atoms with Gasteiger partial charge in [-0.25, -0.2) is 9.37 Å². The highest BCUT2D eigenvalue weighted by molar-refractivity contribution is 6.30. The van der Waals surface area contributed by atoms with Gasteiger partial charge in [-0.15, -0.1) is 0 Å². The smallest absolute Gasteiger partial charge is 0.142 e. The largest absolute Gasteiger partial charge is 0.383 e. The van der Waals surface area contributed by atoms with E-state index < -0.39 is 5.82 Å². The molecular weight excluding hydrogens is 301 g/mol. The van der Waals surface area contributed by atoms with Gasteiger partial charge in [-0.3, -0.25) is 0 Å². The summed E-state index contributed by atoms with van der Waals surface area (Å²) in [6, 6.07) is 6.72. The van der Waals surface area contributed by atoms with E-state index in [1.807, 2.05) is 0 Å². The molecule has 0 fully saturated rings. The Morgan fingerprint density at radius 2 is 2.00 bits per heavy atom. The minimum absolute atomic E-state index is 0.0652. The summed E-state index contributed by atoms with van der Waals surface area (Å²) in [6.45, 7) is 0. The van der Waals surface area contributed by atoms with Crippen molar-refractivity contribution < 1.29 is 4.39 Å². The Balaban J connectivity index is 2.30.